The molecule has 1 aromatic carbocycles. The third-order valence-electron chi connectivity index (χ3n) is 6.17. The first-order valence-corrected chi connectivity index (χ1v) is 11.7. The van der Waals surface area contributed by atoms with Crippen molar-refractivity contribution in [2.45, 2.75) is 26.9 Å². The largest absolute Gasteiger partial charge is 0.449 e. The van der Waals surface area contributed by atoms with E-state index in [4.69, 9.17) is 9.47 Å². The Bertz CT molecular complexity index is 1180. The molecule has 10 heteroatoms. The highest BCUT2D eigenvalue weighted by atomic mass is 16.6. The second kappa shape index (κ2) is 11.0. The van der Waals surface area contributed by atoms with E-state index in [1.165, 1.54) is 11.1 Å². The maximum atomic E-state index is 13.4. The highest BCUT2D eigenvalue weighted by Crippen LogP contribution is 2.28. The van der Waals surface area contributed by atoms with E-state index in [9.17, 15) is 14.4 Å². The number of benzene rings is 1. The second-order valence-electron chi connectivity index (χ2n) is 8.41. The Morgan fingerprint density at radius 2 is 1.91 bits per heavy atom. The fourth-order valence-corrected chi connectivity index (χ4v) is 4.27. The van der Waals surface area contributed by atoms with Crippen LogP contribution in [-0.4, -0.2) is 64.1 Å². The summed E-state index contributed by atoms with van der Waals surface area (Å²) in [4.78, 5) is 53.2. The van der Waals surface area contributed by atoms with Gasteiger partial charge < -0.3 is 19.4 Å². The van der Waals surface area contributed by atoms with Gasteiger partial charge in [-0.1, -0.05) is 43.7 Å². The van der Waals surface area contributed by atoms with Crippen LogP contribution in [0.5, 0.6) is 0 Å². The lowest BCUT2D eigenvalue weighted by Gasteiger charge is -2.23. The molecule has 2 amide bonds. The van der Waals surface area contributed by atoms with Crippen LogP contribution in [0.4, 0.5) is 15.4 Å². The first-order valence-electron chi connectivity index (χ1n) is 11.7. The number of H-pyrrole nitrogens is 1. The standard InChI is InChI=1S/C25H29N5O5/c1-3-18-13-29(24(32)35-16-17-8-6-5-7-9-17)14-19(18)21(31)15-30(25(33)34-4-2)22-12-27-23-20(28-22)10-11-26-23/h5-12,18-19H,3-4,13-16H2,1-2H3,(H,26,27)/t18-,19+/m1/s1. The Kier molecular flexibility index (Phi) is 7.59. The average molecular weight is 480 g/mol. The van der Waals surface area contributed by atoms with Crippen LogP contribution in [0, 0.1) is 11.8 Å². The molecule has 1 aliphatic rings. The Hall–Kier alpha value is -3.95. The predicted molar refractivity (Wildman–Crippen MR) is 129 cm³/mol. The topological polar surface area (TPSA) is 118 Å². The van der Waals surface area contributed by atoms with Crippen LogP contribution >= 0.6 is 0 Å². The average Bonchev–Trinajstić information content (AvgIpc) is 3.53. The number of amides is 2. The van der Waals surface area contributed by atoms with E-state index in [0.29, 0.717) is 24.1 Å². The van der Waals surface area contributed by atoms with Gasteiger partial charge in [-0.15, -0.1) is 0 Å². The number of likely N-dealkylation sites (tertiary alicyclic amines) is 1. The Morgan fingerprint density at radius 3 is 2.66 bits per heavy atom. The Balaban J connectivity index is 1.45. The lowest BCUT2D eigenvalue weighted by atomic mass is 9.90. The van der Waals surface area contributed by atoms with E-state index >= 15 is 0 Å². The normalized spacial score (nSPS) is 17.4. The van der Waals surface area contributed by atoms with Crippen molar-refractivity contribution in [1.82, 2.24) is 19.9 Å². The van der Waals surface area contributed by atoms with Gasteiger partial charge in [-0.05, 0) is 24.5 Å². The minimum atomic E-state index is -0.671. The summed E-state index contributed by atoms with van der Waals surface area (Å²) in [6.07, 6.45) is 2.73. The Morgan fingerprint density at radius 1 is 1.11 bits per heavy atom. The number of ether oxygens (including phenoxy) is 2. The van der Waals surface area contributed by atoms with Gasteiger partial charge >= 0.3 is 12.2 Å². The fraction of sp³-hybridized carbons (Fsp3) is 0.400. The highest BCUT2D eigenvalue weighted by Gasteiger charge is 2.40. The van der Waals surface area contributed by atoms with Gasteiger partial charge in [0.15, 0.2) is 17.2 Å². The molecule has 1 aliphatic heterocycles. The van der Waals surface area contributed by atoms with Gasteiger partial charge in [-0.2, -0.15) is 0 Å². The second-order valence-corrected chi connectivity index (χ2v) is 8.41. The van der Waals surface area contributed by atoms with Crippen LogP contribution in [0.2, 0.25) is 0 Å². The first kappa shape index (κ1) is 24.2. The molecule has 1 N–H and O–H groups in total. The molecule has 184 valence electrons. The van der Waals surface area contributed by atoms with Gasteiger partial charge in [0.05, 0.1) is 19.3 Å². The van der Waals surface area contributed by atoms with Gasteiger partial charge in [-0.25, -0.2) is 19.6 Å². The number of fused-ring (bicyclic) bond motifs is 1. The molecule has 35 heavy (non-hydrogen) atoms. The molecular weight excluding hydrogens is 450 g/mol. The van der Waals surface area contributed by atoms with Crippen molar-refractivity contribution in [1.29, 1.82) is 0 Å². The molecular formula is C25H29N5O5. The first-order chi connectivity index (χ1) is 17.0. The van der Waals surface area contributed by atoms with Crippen molar-refractivity contribution in [2.75, 3.05) is 31.1 Å². The summed E-state index contributed by atoms with van der Waals surface area (Å²) in [5.74, 6) is -0.396. The molecule has 2 atom stereocenters. The molecule has 0 bridgehead atoms. The smallest absolute Gasteiger partial charge is 0.415 e. The summed E-state index contributed by atoms with van der Waals surface area (Å²) in [6, 6.07) is 11.2. The van der Waals surface area contributed by atoms with Crippen molar-refractivity contribution in [3.05, 3.63) is 54.4 Å². The summed E-state index contributed by atoms with van der Waals surface area (Å²) in [7, 11) is 0. The van der Waals surface area contributed by atoms with Crippen molar-refractivity contribution in [2.24, 2.45) is 11.8 Å². The number of carbonyl (C=O) groups excluding carboxylic acids is 3. The van der Waals surface area contributed by atoms with Crippen LogP contribution in [0.1, 0.15) is 25.8 Å². The van der Waals surface area contributed by atoms with E-state index < -0.39 is 18.1 Å². The monoisotopic (exact) mass is 479 g/mol. The van der Waals surface area contributed by atoms with Crippen molar-refractivity contribution < 1.29 is 23.9 Å². The maximum Gasteiger partial charge on any atom is 0.415 e. The summed E-state index contributed by atoms with van der Waals surface area (Å²) in [5.41, 5.74) is 2.05. The van der Waals surface area contributed by atoms with Gasteiger partial charge in [0.1, 0.15) is 12.1 Å². The quantitative estimate of drug-likeness (QED) is 0.522. The molecule has 1 fully saturated rings. The Labute approximate surface area is 203 Å². The summed E-state index contributed by atoms with van der Waals surface area (Å²) >= 11 is 0. The number of aromatic nitrogens is 3. The number of nitrogens with one attached hydrogen (secondary N) is 1. The van der Waals surface area contributed by atoms with E-state index in [-0.39, 0.29) is 43.8 Å². The fourth-order valence-electron chi connectivity index (χ4n) is 4.27. The van der Waals surface area contributed by atoms with Crippen molar-refractivity contribution in [3.63, 3.8) is 0 Å². The molecule has 3 aromatic rings. The SMILES string of the molecule is CCOC(=O)N(CC(=O)[C@H]1CN(C(=O)OCc2ccccc2)C[C@H]1CC)c1cnc2[nH]ccc2n1. The molecule has 0 spiro atoms. The van der Waals surface area contributed by atoms with E-state index in [1.807, 2.05) is 37.3 Å². The van der Waals surface area contributed by atoms with Gasteiger partial charge in [-0.3, -0.25) is 9.69 Å². The predicted octanol–water partition coefficient (Wildman–Crippen LogP) is 3.78. The number of anilines is 1. The zero-order valence-electron chi connectivity index (χ0n) is 19.8. The summed E-state index contributed by atoms with van der Waals surface area (Å²) < 4.78 is 10.6. The zero-order chi connectivity index (χ0) is 24.8. The van der Waals surface area contributed by atoms with Gasteiger partial charge in [0.2, 0.25) is 0 Å². The molecule has 0 saturated carbocycles. The van der Waals surface area contributed by atoms with Gasteiger partial charge in [0, 0.05) is 25.2 Å². The number of hydrogen-bond acceptors (Lipinski definition) is 7. The number of carbonyl (C=O) groups is 3. The molecule has 1 saturated heterocycles. The van der Waals surface area contributed by atoms with E-state index in [1.54, 1.807) is 24.1 Å². The minimum absolute atomic E-state index is 0.0333. The summed E-state index contributed by atoms with van der Waals surface area (Å²) in [5, 5.41) is 0. The molecule has 0 aliphatic carbocycles. The number of hydrogen-bond donors (Lipinski definition) is 1. The van der Waals surface area contributed by atoms with Crippen LogP contribution in [0.3, 0.4) is 0 Å². The van der Waals surface area contributed by atoms with Gasteiger partial charge in [0.25, 0.3) is 0 Å². The molecule has 0 radical (unpaired) electrons. The number of rotatable bonds is 8. The summed E-state index contributed by atoms with van der Waals surface area (Å²) in [6.45, 7) is 4.45. The lowest BCUT2D eigenvalue weighted by Crippen LogP contribution is -2.41. The molecule has 0 unspecified atom stereocenters. The molecule has 10 nitrogen and oxygen atoms in total. The number of Topliss-reactive ketones (excluding diaryl/α,β-unsaturated/α-hetero) is 1. The van der Waals surface area contributed by atoms with Crippen LogP contribution in [0.25, 0.3) is 11.2 Å². The zero-order valence-corrected chi connectivity index (χ0v) is 19.8. The third-order valence-corrected chi connectivity index (χ3v) is 6.17. The van der Waals surface area contributed by atoms with Crippen LogP contribution < -0.4 is 4.90 Å². The number of aromatic amines is 1. The molecule has 4 rings (SSSR count). The molecule has 3 heterocycles. The van der Waals surface area contributed by atoms with Crippen molar-refractivity contribution in [3.8, 4) is 0 Å². The third kappa shape index (κ3) is 5.59. The molecule has 2 aromatic heterocycles. The van der Waals surface area contributed by atoms with Crippen molar-refractivity contribution >= 4 is 35.0 Å². The highest BCUT2D eigenvalue weighted by molar-refractivity contribution is 5.96. The number of nitrogens with zero attached hydrogens (tertiary/aromatic N) is 4. The minimum Gasteiger partial charge on any atom is -0.449 e. The van der Waals surface area contributed by atoms with E-state index in [0.717, 1.165) is 5.56 Å². The maximum absolute atomic E-state index is 13.4. The van der Waals surface area contributed by atoms with Crippen LogP contribution in [-0.2, 0) is 20.9 Å². The van der Waals surface area contributed by atoms with Crippen LogP contribution in [0.15, 0.2) is 48.8 Å². The van der Waals surface area contributed by atoms with E-state index in [2.05, 4.69) is 15.0 Å². The lowest BCUT2D eigenvalue weighted by molar-refractivity contribution is -0.122. The number of ketones is 1.